The summed E-state index contributed by atoms with van der Waals surface area (Å²) in [6, 6.07) is 35.1. The van der Waals surface area contributed by atoms with E-state index in [9.17, 15) is 0 Å². The van der Waals surface area contributed by atoms with Crippen molar-refractivity contribution in [3.05, 3.63) is 133 Å². The molecule has 9 aromatic rings. The van der Waals surface area contributed by atoms with Crippen LogP contribution in [0.1, 0.15) is 0 Å². The van der Waals surface area contributed by atoms with E-state index in [1.54, 1.807) is 23.7 Å². The zero-order valence-corrected chi connectivity index (χ0v) is 26.3. The van der Waals surface area contributed by atoms with Gasteiger partial charge in [-0.1, -0.05) is 85.1 Å². The van der Waals surface area contributed by atoms with E-state index in [0.29, 0.717) is 11.3 Å². The first-order chi connectivity index (χ1) is 20.3. The van der Waals surface area contributed by atoms with E-state index >= 15 is 0 Å². The fourth-order valence-electron chi connectivity index (χ4n) is 5.45. The number of hydrogen-bond donors (Lipinski definition) is 0. The summed E-state index contributed by atoms with van der Waals surface area (Å²) >= 11 is 1.80. The van der Waals surface area contributed by atoms with Gasteiger partial charge in [-0.05, 0) is 62.1 Å². The molecule has 5 aromatic heterocycles. The minimum Gasteiger partial charge on any atom is -0.663 e. The summed E-state index contributed by atoms with van der Waals surface area (Å²) in [5.41, 5.74) is 2.88. The fourth-order valence-corrected chi connectivity index (χ4v) is 6.52. The molecule has 42 heavy (non-hydrogen) atoms. The maximum atomic E-state index is 4.68. The molecular weight excluding hydrogens is 588 g/mol. The van der Waals surface area contributed by atoms with Gasteiger partial charge in [0, 0.05) is 27.9 Å². The van der Waals surface area contributed by atoms with E-state index in [1.165, 1.54) is 30.9 Å². The normalized spacial score (nSPS) is 11.8. The van der Waals surface area contributed by atoms with Gasteiger partial charge in [-0.3, -0.25) is 9.97 Å². The van der Waals surface area contributed by atoms with Crippen molar-refractivity contribution in [2.45, 2.75) is 0 Å². The quantitative estimate of drug-likeness (QED) is 0.176. The molecule has 0 aliphatic rings. The third-order valence-corrected chi connectivity index (χ3v) is 8.46. The zero-order valence-electron chi connectivity index (χ0n) is 22.5. The monoisotopic (exact) mass is 607 g/mol. The van der Waals surface area contributed by atoms with E-state index in [2.05, 4.69) is 73.5 Å². The molecule has 194 valence electrons. The van der Waals surface area contributed by atoms with Crippen molar-refractivity contribution in [2.24, 2.45) is 4.99 Å². The van der Waals surface area contributed by atoms with E-state index in [-0.39, 0.29) is 19.5 Å². The zero-order chi connectivity index (χ0) is 27.2. The van der Waals surface area contributed by atoms with Crippen molar-refractivity contribution in [1.82, 2.24) is 19.9 Å². The van der Waals surface area contributed by atoms with Gasteiger partial charge < -0.3 is 15.0 Å². The van der Waals surface area contributed by atoms with Crippen molar-refractivity contribution < 1.29 is 19.5 Å². The summed E-state index contributed by atoms with van der Waals surface area (Å²) in [4.78, 5) is 22.6. The smallest absolute Gasteiger partial charge is 0.663 e. The summed E-state index contributed by atoms with van der Waals surface area (Å²) < 4.78 is 2.51. The van der Waals surface area contributed by atoms with Gasteiger partial charge in [-0.2, -0.15) is 6.20 Å². The molecule has 0 spiro atoms. The van der Waals surface area contributed by atoms with Crippen LogP contribution < -0.4 is 15.5 Å². The Morgan fingerprint density at radius 1 is 0.548 bits per heavy atom. The number of nitrogens with zero attached hydrogens (tertiary/aromatic N) is 5. The molecule has 0 atom stereocenters. The number of rotatable bonds is 1. The Hall–Kier alpha value is -4.71. The Morgan fingerprint density at radius 3 is 2.19 bits per heavy atom. The first-order valence-corrected chi connectivity index (χ1v) is 14.1. The number of thiophene rings is 1. The summed E-state index contributed by atoms with van der Waals surface area (Å²) in [6.45, 7) is 0. The molecule has 0 fully saturated rings. The summed E-state index contributed by atoms with van der Waals surface area (Å²) in [5, 5.41) is 9.24. The standard InChI is InChI=1S/C18H12N3.C17H9N2S.Zn/c1-3-7-15-13(5-1)9-11-19-17(15)21-18-16-8-4-2-6-14(16)10-12-20-18;1-2-13-17(18-8-1)15-12(20-13)6-5-10-3-4-11-7-9-19-16(11)14(10)15;/h1-12H;1-9H;/q2*-1;+2. The summed E-state index contributed by atoms with van der Waals surface area (Å²) in [7, 11) is 0. The van der Waals surface area contributed by atoms with Crippen LogP contribution in [0.25, 0.3) is 63.5 Å². The van der Waals surface area contributed by atoms with Crippen LogP contribution >= 0.6 is 11.3 Å². The van der Waals surface area contributed by atoms with E-state index in [4.69, 9.17) is 0 Å². The fraction of sp³-hybridized carbons (Fsp3) is 0. The van der Waals surface area contributed by atoms with Gasteiger partial charge in [-0.15, -0.1) is 16.9 Å². The molecule has 0 aliphatic heterocycles. The number of fused-ring (bicyclic) bond motifs is 9. The molecular formula is C35H21N5SZn. The van der Waals surface area contributed by atoms with Crippen LogP contribution in [0.4, 0.5) is 5.82 Å². The van der Waals surface area contributed by atoms with Gasteiger partial charge in [0.05, 0.1) is 16.0 Å². The van der Waals surface area contributed by atoms with Crippen LogP contribution in [0.5, 0.6) is 0 Å². The summed E-state index contributed by atoms with van der Waals surface area (Å²) in [5.74, 6) is 0.706. The molecule has 0 radical (unpaired) electrons. The van der Waals surface area contributed by atoms with Crippen LogP contribution in [0, 0.1) is 0 Å². The van der Waals surface area contributed by atoms with E-state index < -0.39 is 0 Å². The summed E-state index contributed by atoms with van der Waals surface area (Å²) in [6.07, 6.45) is 7.31. The topological polar surface area (TPSA) is 66.3 Å². The molecule has 0 unspecified atom stereocenters. The molecule has 5 nitrogen and oxygen atoms in total. The second kappa shape index (κ2) is 10.9. The molecule has 0 aliphatic carbocycles. The predicted octanol–water partition coefficient (Wildman–Crippen LogP) is 8.29. The van der Waals surface area contributed by atoms with Crippen molar-refractivity contribution in [3.63, 3.8) is 0 Å². The average Bonchev–Trinajstić information content (AvgIpc) is 3.67. The third-order valence-electron chi connectivity index (χ3n) is 7.35. The van der Waals surface area contributed by atoms with Gasteiger partial charge in [0.2, 0.25) is 0 Å². The Morgan fingerprint density at radius 2 is 1.29 bits per heavy atom. The Balaban J connectivity index is 0.000000134. The van der Waals surface area contributed by atoms with Gasteiger partial charge in [-0.25, -0.2) is 0 Å². The molecule has 0 saturated heterocycles. The third kappa shape index (κ3) is 4.48. The van der Waals surface area contributed by atoms with Crippen molar-refractivity contribution in [1.29, 1.82) is 0 Å². The Labute approximate surface area is 257 Å². The van der Waals surface area contributed by atoms with E-state index in [1.807, 2.05) is 67.0 Å². The average molecular weight is 609 g/mol. The number of hydrogen-bond acceptors (Lipinski definition) is 4. The van der Waals surface area contributed by atoms with Crippen LogP contribution in [0.3, 0.4) is 0 Å². The van der Waals surface area contributed by atoms with Gasteiger partial charge in [0.1, 0.15) is 0 Å². The molecule has 0 saturated carbocycles. The minimum absolute atomic E-state index is 0. The second-order valence-electron chi connectivity index (χ2n) is 9.76. The van der Waals surface area contributed by atoms with E-state index in [0.717, 1.165) is 32.6 Å². The van der Waals surface area contributed by atoms with Crippen LogP contribution in [0.2, 0.25) is 0 Å². The molecule has 0 amide bonds. The number of aromatic nitrogens is 4. The molecule has 0 bridgehead atoms. The van der Waals surface area contributed by atoms with Crippen LogP contribution in [0.15, 0.2) is 133 Å². The molecule has 9 rings (SSSR count). The number of benzene rings is 4. The van der Waals surface area contributed by atoms with Crippen molar-refractivity contribution in [3.8, 4) is 0 Å². The molecule has 4 aromatic carbocycles. The minimum atomic E-state index is 0. The maximum Gasteiger partial charge on any atom is 2.00 e. The van der Waals surface area contributed by atoms with Crippen molar-refractivity contribution >= 4 is 80.7 Å². The first-order valence-electron chi connectivity index (χ1n) is 13.3. The Bertz CT molecular complexity index is 2440. The largest absolute Gasteiger partial charge is 2.00 e. The first kappa shape index (κ1) is 26.2. The molecule has 5 heterocycles. The Kier molecular flexibility index (Phi) is 6.82. The molecule has 7 heteroatoms. The van der Waals surface area contributed by atoms with Crippen LogP contribution in [-0.2, 0) is 19.5 Å². The van der Waals surface area contributed by atoms with Gasteiger partial charge in [0.15, 0.2) is 0 Å². The van der Waals surface area contributed by atoms with Gasteiger partial charge >= 0.3 is 19.5 Å². The van der Waals surface area contributed by atoms with Gasteiger partial charge in [0.25, 0.3) is 0 Å². The maximum absolute atomic E-state index is 4.68. The SMILES string of the molecule is [Zn+2].c1ccc2c(N=c3[n-]ccc4ccccc34)nccc2c1.c1cnc2c(c1)sc1ccc3ccc4cc[n-]c4c3c12. The molecule has 0 N–H and O–H groups in total. The van der Waals surface area contributed by atoms with Crippen molar-refractivity contribution in [2.75, 3.05) is 0 Å². The second-order valence-corrected chi connectivity index (χ2v) is 10.8. The predicted molar refractivity (Wildman–Crippen MR) is 170 cm³/mol. The number of pyridine rings is 3. The van der Waals surface area contributed by atoms with Crippen LogP contribution in [-0.4, -0.2) is 9.97 Å².